The van der Waals surface area contributed by atoms with Crippen molar-refractivity contribution in [2.75, 3.05) is 17.7 Å². The number of nitrogens with zero attached hydrogens (tertiary/aromatic N) is 2. The van der Waals surface area contributed by atoms with Crippen LogP contribution in [0.5, 0.6) is 0 Å². The first kappa shape index (κ1) is 19.8. The number of rotatable bonds is 6. The van der Waals surface area contributed by atoms with Crippen molar-refractivity contribution in [1.29, 1.82) is 0 Å². The Morgan fingerprint density at radius 2 is 2.04 bits per heavy atom. The van der Waals surface area contributed by atoms with Gasteiger partial charge in [-0.05, 0) is 58.3 Å². The summed E-state index contributed by atoms with van der Waals surface area (Å²) in [6.07, 6.45) is 8.31. The average Bonchev–Trinajstić information content (AvgIpc) is 2.62. The fourth-order valence-corrected chi connectivity index (χ4v) is 4.06. The molecule has 2 saturated carbocycles. The molecule has 0 bridgehead atoms. The maximum absolute atomic E-state index is 11.6. The van der Waals surface area contributed by atoms with Gasteiger partial charge in [-0.15, -0.1) is 0 Å². The molecule has 1 unspecified atom stereocenters. The summed E-state index contributed by atoms with van der Waals surface area (Å²) >= 11 is 0. The molecule has 1 aromatic heterocycles. The molecule has 0 aromatic carbocycles. The summed E-state index contributed by atoms with van der Waals surface area (Å²) in [7, 11) is 1.74. The molecule has 3 rings (SSSR count). The minimum Gasteiger partial charge on any atom is -0.477 e. The fraction of sp³-hybridized carbons (Fsp3) is 0.737. The van der Waals surface area contributed by atoms with Gasteiger partial charge in [0.1, 0.15) is 11.4 Å². The summed E-state index contributed by atoms with van der Waals surface area (Å²) in [5, 5.41) is 25.9. The van der Waals surface area contributed by atoms with Crippen LogP contribution in [-0.2, 0) is 4.74 Å². The molecule has 0 spiro atoms. The lowest BCUT2D eigenvalue weighted by Gasteiger charge is -2.37. The molecule has 27 heavy (non-hydrogen) atoms. The zero-order valence-corrected chi connectivity index (χ0v) is 16.1. The van der Waals surface area contributed by atoms with E-state index in [1.54, 1.807) is 7.11 Å². The maximum Gasteiger partial charge on any atom is 0.341 e. The van der Waals surface area contributed by atoms with Crippen LogP contribution in [0.25, 0.3) is 0 Å². The van der Waals surface area contributed by atoms with Gasteiger partial charge in [0.2, 0.25) is 5.95 Å². The molecule has 4 N–H and O–H groups in total. The first-order chi connectivity index (χ1) is 12.9. The highest BCUT2D eigenvalue weighted by molar-refractivity contribution is 5.93. The van der Waals surface area contributed by atoms with Crippen molar-refractivity contribution in [3.8, 4) is 0 Å². The standard InChI is InChI=1S/C19H30N4O4/c1-19(8-6-14(27-2)7-9-19)23-18-20-11-15(17(25)26)16(22-18)21-12-4-3-5-13(24)10-12/h11-14,24H,3-10H2,1-2H3,(H,25,26)(H2,20,21,22,23)/t12?,13-,14?,19?/m0/s1. The van der Waals surface area contributed by atoms with Gasteiger partial charge in [0, 0.05) is 24.9 Å². The third kappa shape index (κ3) is 5.07. The van der Waals surface area contributed by atoms with E-state index in [1.165, 1.54) is 6.20 Å². The predicted molar refractivity (Wildman–Crippen MR) is 102 cm³/mol. The number of nitrogens with one attached hydrogen (secondary N) is 2. The first-order valence-electron chi connectivity index (χ1n) is 9.74. The number of hydrogen-bond acceptors (Lipinski definition) is 7. The lowest BCUT2D eigenvalue weighted by Crippen LogP contribution is -2.41. The van der Waals surface area contributed by atoms with Crippen LogP contribution >= 0.6 is 0 Å². The highest BCUT2D eigenvalue weighted by atomic mass is 16.5. The quantitative estimate of drug-likeness (QED) is 0.597. The molecule has 2 aliphatic rings. The van der Waals surface area contributed by atoms with Crippen molar-refractivity contribution in [2.45, 2.75) is 82.1 Å². The lowest BCUT2D eigenvalue weighted by molar-refractivity contribution is 0.0563. The van der Waals surface area contributed by atoms with Crippen molar-refractivity contribution >= 4 is 17.7 Å². The van der Waals surface area contributed by atoms with Gasteiger partial charge >= 0.3 is 5.97 Å². The van der Waals surface area contributed by atoms with Gasteiger partial charge in [-0.1, -0.05) is 0 Å². The number of hydrogen-bond donors (Lipinski definition) is 4. The van der Waals surface area contributed by atoms with Gasteiger partial charge < -0.3 is 25.6 Å². The number of aromatic carboxylic acids is 1. The Labute approximate surface area is 159 Å². The van der Waals surface area contributed by atoms with Gasteiger partial charge in [-0.25, -0.2) is 9.78 Å². The summed E-state index contributed by atoms with van der Waals surface area (Å²) < 4.78 is 5.43. The molecule has 2 fully saturated rings. The van der Waals surface area contributed by atoms with Gasteiger partial charge in [-0.2, -0.15) is 4.98 Å². The Balaban J connectivity index is 1.74. The van der Waals surface area contributed by atoms with Crippen molar-refractivity contribution in [2.24, 2.45) is 0 Å². The second-order valence-electron chi connectivity index (χ2n) is 8.04. The number of methoxy groups -OCH3 is 1. The number of anilines is 2. The number of aromatic nitrogens is 2. The largest absolute Gasteiger partial charge is 0.477 e. The predicted octanol–water partition coefficient (Wildman–Crippen LogP) is 2.65. The summed E-state index contributed by atoms with van der Waals surface area (Å²) in [5.41, 5.74) is -0.0909. The van der Waals surface area contributed by atoms with Gasteiger partial charge in [0.25, 0.3) is 0 Å². The molecule has 8 heteroatoms. The summed E-state index contributed by atoms with van der Waals surface area (Å²) in [6, 6.07) is 0.0160. The van der Waals surface area contributed by atoms with E-state index in [0.29, 0.717) is 24.3 Å². The molecule has 0 aliphatic heterocycles. The molecule has 0 radical (unpaired) electrons. The van der Waals surface area contributed by atoms with Crippen LogP contribution in [0.2, 0.25) is 0 Å². The maximum atomic E-state index is 11.6. The van der Waals surface area contributed by atoms with Crippen LogP contribution in [0.15, 0.2) is 6.20 Å². The van der Waals surface area contributed by atoms with E-state index in [4.69, 9.17) is 4.74 Å². The second kappa shape index (κ2) is 8.39. The Hall–Kier alpha value is -1.93. The Kier molecular flexibility index (Phi) is 6.16. The van der Waals surface area contributed by atoms with Crippen molar-refractivity contribution in [3.05, 3.63) is 11.8 Å². The molecule has 150 valence electrons. The molecule has 8 nitrogen and oxygen atoms in total. The molecule has 2 aliphatic carbocycles. The molecule has 2 atom stereocenters. The van der Waals surface area contributed by atoms with E-state index < -0.39 is 5.97 Å². The zero-order chi connectivity index (χ0) is 19.4. The number of aliphatic hydroxyl groups is 1. The average molecular weight is 378 g/mol. The molecule has 1 aromatic rings. The van der Waals surface area contributed by atoms with E-state index >= 15 is 0 Å². The first-order valence-corrected chi connectivity index (χ1v) is 9.74. The number of ether oxygens (including phenoxy) is 1. The monoisotopic (exact) mass is 378 g/mol. The third-order valence-corrected chi connectivity index (χ3v) is 5.79. The Bertz CT molecular complexity index is 661. The van der Waals surface area contributed by atoms with Crippen LogP contribution in [0.1, 0.15) is 68.6 Å². The normalized spacial score (nSPS) is 31.3. The van der Waals surface area contributed by atoms with E-state index in [2.05, 4.69) is 27.5 Å². The number of carbonyl (C=O) groups is 1. The van der Waals surface area contributed by atoms with Gasteiger partial charge in [0.15, 0.2) is 0 Å². The smallest absolute Gasteiger partial charge is 0.341 e. The molecular formula is C19H30N4O4. The summed E-state index contributed by atoms with van der Waals surface area (Å²) in [5.74, 6) is -0.322. The fourth-order valence-electron chi connectivity index (χ4n) is 4.06. The van der Waals surface area contributed by atoms with Crippen LogP contribution in [-0.4, -0.2) is 57.0 Å². The van der Waals surface area contributed by atoms with Crippen LogP contribution in [0, 0.1) is 0 Å². The highest BCUT2D eigenvalue weighted by Crippen LogP contribution is 2.32. The van der Waals surface area contributed by atoms with Crippen molar-refractivity contribution in [1.82, 2.24) is 9.97 Å². The molecule has 1 heterocycles. The summed E-state index contributed by atoms with van der Waals surface area (Å²) in [6.45, 7) is 2.14. The van der Waals surface area contributed by atoms with E-state index in [-0.39, 0.29) is 23.2 Å². The van der Waals surface area contributed by atoms with Crippen LogP contribution < -0.4 is 10.6 Å². The summed E-state index contributed by atoms with van der Waals surface area (Å²) in [4.78, 5) is 20.2. The number of aliphatic hydroxyl groups excluding tert-OH is 1. The molecule has 0 amide bonds. The zero-order valence-electron chi connectivity index (χ0n) is 16.1. The number of carboxylic acid groups (broad SMARTS) is 1. The lowest BCUT2D eigenvalue weighted by atomic mass is 9.82. The Morgan fingerprint density at radius 3 is 2.67 bits per heavy atom. The van der Waals surface area contributed by atoms with Crippen molar-refractivity contribution < 1.29 is 19.7 Å². The topological polar surface area (TPSA) is 117 Å². The van der Waals surface area contributed by atoms with Crippen LogP contribution in [0.3, 0.4) is 0 Å². The molecule has 0 saturated heterocycles. The van der Waals surface area contributed by atoms with Gasteiger partial charge in [0.05, 0.1) is 12.2 Å². The third-order valence-electron chi connectivity index (χ3n) is 5.79. The van der Waals surface area contributed by atoms with Crippen LogP contribution in [0.4, 0.5) is 11.8 Å². The number of carboxylic acids is 1. The van der Waals surface area contributed by atoms with E-state index in [9.17, 15) is 15.0 Å². The SMILES string of the molecule is COC1CCC(C)(Nc2ncc(C(=O)O)c(NC3CCC[C@H](O)C3)n2)CC1. The van der Waals surface area contributed by atoms with Crippen molar-refractivity contribution in [3.63, 3.8) is 0 Å². The van der Waals surface area contributed by atoms with Gasteiger partial charge in [-0.3, -0.25) is 0 Å². The van der Waals surface area contributed by atoms with E-state index in [0.717, 1.165) is 44.9 Å². The Morgan fingerprint density at radius 1 is 1.30 bits per heavy atom. The highest BCUT2D eigenvalue weighted by Gasteiger charge is 2.32. The second-order valence-corrected chi connectivity index (χ2v) is 8.04. The van der Waals surface area contributed by atoms with E-state index in [1.807, 2.05) is 0 Å². The minimum absolute atomic E-state index is 0.0160. The molecular weight excluding hydrogens is 348 g/mol. The minimum atomic E-state index is -1.06.